The van der Waals surface area contributed by atoms with Gasteiger partial charge in [0.15, 0.2) is 0 Å². The van der Waals surface area contributed by atoms with Crippen molar-refractivity contribution in [3.63, 3.8) is 0 Å². The Morgan fingerprint density at radius 3 is 2.69 bits per heavy atom. The molecule has 0 saturated heterocycles. The molecule has 2 aromatic heterocycles. The van der Waals surface area contributed by atoms with Crippen molar-refractivity contribution >= 4 is 43.9 Å². The number of benzene rings is 2. The molecule has 4 N–H and O–H groups in total. The number of aromatic amines is 1. The first-order valence-corrected chi connectivity index (χ1v) is 9.60. The number of rotatable bonds is 4. The molecule has 0 bridgehead atoms. The number of H-pyrrole nitrogens is 1. The van der Waals surface area contributed by atoms with Crippen molar-refractivity contribution in [1.82, 2.24) is 4.98 Å². The van der Waals surface area contributed by atoms with Gasteiger partial charge >= 0.3 is 0 Å². The first kappa shape index (κ1) is 17.1. The lowest BCUT2D eigenvalue weighted by atomic mass is 9.96. The summed E-state index contributed by atoms with van der Waals surface area (Å²) in [4.78, 5) is 15.2. The molecule has 0 aliphatic carbocycles. The van der Waals surface area contributed by atoms with Gasteiger partial charge in [0.05, 0.1) is 10.5 Å². The smallest absolute Gasteiger partial charge is 0.266 e. The molecule has 0 aliphatic rings. The van der Waals surface area contributed by atoms with Crippen LogP contribution >= 0.6 is 22.9 Å². The summed E-state index contributed by atoms with van der Waals surface area (Å²) >= 11 is 7.68. The zero-order chi connectivity index (χ0) is 18.3. The van der Waals surface area contributed by atoms with Crippen molar-refractivity contribution in [1.29, 1.82) is 0 Å². The molecule has 4 rings (SSSR count). The Labute approximate surface area is 158 Å². The molecule has 26 heavy (non-hydrogen) atoms. The van der Waals surface area contributed by atoms with Crippen LogP contribution in [0.4, 0.5) is 0 Å². The third-order valence-electron chi connectivity index (χ3n) is 4.55. The summed E-state index contributed by atoms with van der Waals surface area (Å²) in [6, 6.07) is 11.4. The Hall–Kier alpha value is -2.34. The number of thiophene rings is 1. The predicted molar refractivity (Wildman–Crippen MR) is 109 cm³/mol. The van der Waals surface area contributed by atoms with Crippen LogP contribution in [0.5, 0.6) is 5.75 Å². The SMILES string of the molecule is NCCCc1ccc(-c2c(O)cc(Cl)c3[nH]c(=O)c4sccc4c23)cc1. The average Bonchev–Trinajstić information content (AvgIpc) is 3.12. The minimum Gasteiger partial charge on any atom is -0.507 e. The molecule has 6 heteroatoms. The average molecular weight is 385 g/mol. The van der Waals surface area contributed by atoms with Gasteiger partial charge in [0.2, 0.25) is 0 Å². The van der Waals surface area contributed by atoms with Gasteiger partial charge in [-0.2, -0.15) is 0 Å². The number of nitrogens with two attached hydrogens (primary N) is 1. The van der Waals surface area contributed by atoms with Crippen LogP contribution in [0, 0.1) is 0 Å². The van der Waals surface area contributed by atoms with Crippen LogP contribution < -0.4 is 11.3 Å². The monoisotopic (exact) mass is 384 g/mol. The van der Waals surface area contributed by atoms with Gasteiger partial charge in [0.25, 0.3) is 5.56 Å². The fourth-order valence-corrected chi connectivity index (χ4v) is 4.36. The van der Waals surface area contributed by atoms with E-state index in [1.54, 1.807) is 0 Å². The van der Waals surface area contributed by atoms with Gasteiger partial charge in [-0.25, -0.2) is 0 Å². The van der Waals surface area contributed by atoms with Crippen LogP contribution in [-0.2, 0) is 6.42 Å². The van der Waals surface area contributed by atoms with E-state index in [0.29, 0.717) is 27.3 Å². The summed E-state index contributed by atoms with van der Waals surface area (Å²) in [5.41, 5.74) is 8.70. The molecular formula is C20H17ClN2O2S. The number of phenolic OH excluding ortho intramolecular Hbond substituents is 1. The lowest BCUT2D eigenvalue weighted by molar-refractivity contribution is 0.478. The standard InChI is InChI=1S/C20H17ClN2O2S/c21-14-10-15(24)16(12-5-3-11(4-6-12)2-1-8-22)17-13-7-9-26-19(13)20(25)23-18(14)17/h3-7,9-10,24H,1-2,8,22H2,(H,23,25). The van der Waals surface area contributed by atoms with Crippen LogP contribution in [0.15, 0.2) is 46.6 Å². The molecule has 4 nitrogen and oxygen atoms in total. The van der Waals surface area contributed by atoms with Crippen molar-refractivity contribution in [3.8, 4) is 16.9 Å². The summed E-state index contributed by atoms with van der Waals surface area (Å²) in [6.07, 6.45) is 1.86. The second-order valence-corrected chi connectivity index (χ2v) is 7.53. The molecule has 0 aliphatic heterocycles. The van der Waals surface area contributed by atoms with Gasteiger partial charge in [-0.05, 0) is 42.0 Å². The normalized spacial score (nSPS) is 11.5. The summed E-state index contributed by atoms with van der Waals surface area (Å²) in [6.45, 7) is 0.661. The largest absolute Gasteiger partial charge is 0.507 e. The molecule has 0 fully saturated rings. The highest BCUT2D eigenvalue weighted by Gasteiger charge is 2.18. The first-order chi connectivity index (χ1) is 12.6. The number of aryl methyl sites for hydroxylation is 1. The molecule has 4 aromatic rings. The number of aromatic nitrogens is 1. The molecule has 0 unspecified atom stereocenters. The van der Waals surface area contributed by atoms with Crippen LogP contribution in [-0.4, -0.2) is 16.6 Å². The maximum absolute atomic E-state index is 12.3. The zero-order valence-electron chi connectivity index (χ0n) is 13.9. The molecule has 2 aromatic carbocycles. The molecule has 2 heterocycles. The summed E-state index contributed by atoms with van der Waals surface area (Å²) in [5, 5.41) is 14.4. The maximum Gasteiger partial charge on any atom is 0.266 e. The summed E-state index contributed by atoms with van der Waals surface area (Å²) in [7, 11) is 0. The highest BCUT2D eigenvalue weighted by molar-refractivity contribution is 7.17. The molecule has 0 atom stereocenters. The van der Waals surface area contributed by atoms with Crippen molar-refractivity contribution < 1.29 is 5.11 Å². The van der Waals surface area contributed by atoms with Gasteiger partial charge in [-0.3, -0.25) is 4.79 Å². The Bertz CT molecular complexity index is 1160. The highest BCUT2D eigenvalue weighted by Crippen LogP contribution is 2.42. The molecule has 0 saturated carbocycles. The maximum atomic E-state index is 12.3. The van der Waals surface area contributed by atoms with Crippen LogP contribution in [0.1, 0.15) is 12.0 Å². The van der Waals surface area contributed by atoms with Crippen molar-refractivity contribution in [2.45, 2.75) is 12.8 Å². The topological polar surface area (TPSA) is 79.1 Å². The second-order valence-electron chi connectivity index (χ2n) is 6.21. The lowest BCUT2D eigenvalue weighted by Crippen LogP contribution is -2.05. The lowest BCUT2D eigenvalue weighted by Gasteiger charge is -2.13. The van der Waals surface area contributed by atoms with E-state index in [1.807, 2.05) is 35.7 Å². The number of hydrogen-bond acceptors (Lipinski definition) is 4. The number of pyridine rings is 1. The number of phenols is 1. The van der Waals surface area contributed by atoms with Crippen LogP contribution in [0.2, 0.25) is 5.02 Å². The summed E-state index contributed by atoms with van der Waals surface area (Å²) < 4.78 is 0.625. The number of nitrogens with one attached hydrogen (secondary N) is 1. The van der Waals surface area contributed by atoms with E-state index in [9.17, 15) is 9.90 Å². The second kappa shape index (κ2) is 6.76. The molecule has 0 spiro atoms. The van der Waals surface area contributed by atoms with E-state index < -0.39 is 0 Å². The first-order valence-electron chi connectivity index (χ1n) is 8.34. The van der Waals surface area contributed by atoms with Gasteiger partial charge in [0.1, 0.15) is 10.4 Å². The Kier molecular flexibility index (Phi) is 4.44. The van der Waals surface area contributed by atoms with Crippen LogP contribution in [0.3, 0.4) is 0 Å². The molecular weight excluding hydrogens is 368 g/mol. The quantitative estimate of drug-likeness (QED) is 0.478. The van der Waals surface area contributed by atoms with E-state index in [2.05, 4.69) is 4.98 Å². The number of fused-ring (bicyclic) bond motifs is 3. The fraction of sp³-hybridized carbons (Fsp3) is 0.150. The van der Waals surface area contributed by atoms with Crippen molar-refractivity contribution in [3.05, 3.63) is 62.7 Å². The third kappa shape index (κ3) is 2.78. The van der Waals surface area contributed by atoms with E-state index in [0.717, 1.165) is 29.2 Å². The van der Waals surface area contributed by atoms with Gasteiger partial charge in [-0.1, -0.05) is 35.9 Å². The van der Waals surface area contributed by atoms with Gasteiger partial charge in [-0.15, -0.1) is 11.3 Å². The Morgan fingerprint density at radius 2 is 1.96 bits per heavy atom. The van der Waals surface area contributed by atoms with Gasteiger partial charge < -0.3 is 15.8 Å². The van der Waals surface area contributed by atoms with E-state index in [4.69, 9.17) is 17.3 Å². The zero-order valence-corrected chi connectivity index (χ0v) is 15.5. The fourth-order valence-electron chi connectivity index (χ4n) is 3.32. The Balaban J connectivity index is 2.00. The minimum absolute atomic E-state index is 0.0942. The number of hydrogen-bond donors (Lipinski definition) is 3. The predicted octanol–water partition coefficient (Wildman–Crippen LogP) is 4.66. The number of aromatic hydroxyl groups is 1. The summed E-state index contributed by atoms with van der Waals surface area (Å²) in [5.74, 6) is 0.0942. The van der Waals surface area contributed by atoms with E-state index >= 15 is 0 Å². The molecule has 0 amide bonds. The van der Waals surface area contributed by atoms with Crippen LogP contribution in [0.25, 0.3) is 32.1 Å². The number of halogens is 1. The molecule has 0 radical (unpaired) electrons. The van der Waals surface area contributed by atoms with E-state index in [-0.39, 0.29) is 11.3 Å². The van der Waals surface area contributed by atoms with Crippen molar-refractivity contribution in [2.75, 3.05) is 6.54 Å². The highest BCUT2D eigenvalue weighted by atomic mass is 35.5. The molecule has 132 valence electrons. The van der Waals surface area contributed by atoms with Gasteiger partial charge in [0, 0.05) is 22.4 Å². The Morgan fingerprint density at radius 1 is 1.19 bits per heavy atom. The third-order valence-corrected chi connectivity index (χ3v) is 5.76. The van der Waals surface area contributed by atoms with Crippen molar-refractivity contribution in [2.24, 2.45) is 5.73 Å². The van der Waals surface area contributed by atoms with E-state index in [1.165, 1.54) is 23.0 Å². The minimum atomic E-state index is -0.168.